The summed E-state index contributed by atoms with van der Waals surface area (Å²) in [4.78, 5) is 53.5. The number of anilines is 1. The van der Waals surface area contributed by atoms with E-state index in [2.05, 4.69) is 26.8 Å². The zero-order chi connectivity index (χ0) is 27.4. The number of carbonyl (C=O) groups excluding carboxylic acids is 2. The third-order valence-electron chi connectivity index (χ3n) is 11.5. The molecule has 0 radical (unpaired) electrons. The van der Waals surface area contributed by atoms with E-state index in [0.29, 0.717) is 12.1 Å². The fourth-order valence-corrected chi connectivity index (χ4v) is 9.97. The second-order valence-electron chi connectivity index (χ2n) is 13.3. The number of nitrogens with zero attached hydrogens (tertiary/aromatic N) is 1. The van der Waals surface area contributed by atoms with Gasteiger partial charge in [0, 0.05) is 5.41 Å². The molecular weight excluding hydrogens is 482 g/mol. The highest BCUT2D eigenvalue weighted by Crippen LogP contribution is 2.74. The number of aromatic carboxylic acids is 1. The van der Waals surface area contributed by atoms with E-state index in [0.717, 1.165) is 32.1 Å². The Balaban J connectivity index is 1.46. The predicted octanol–water partition coefficient (Wildman–Crippen LogP) is 5.40. The van der Waals surface area contributed by atoms with Crippen molar-refractivity contribution in [3.8, 4) is 0 Å². The first-order valence-electron chi connectivity index (χ1n) is 14.0. The summed E-state index contributed by atoms with van der Waals surface area (Å²) in [5.41, 5.74) is 0.343. The Bertz CT molecular complexity index is 1280. The van der Waals surface area contributed by atoms with Crippen LogP contribution in [0.2, 0.25) is 0 Å². The van der Waals surface area contributed by atoms with E-state index in [1.165, 1.54) is 22.6 Å². The van der Waals surface area contributed by atoms with Crippen molar-refractivity contribution in [1.82, 2.24) is 0 Å². The van der Waals surface area contributed by atoms with Crippen LogP contribution in [0.15, 0.2) is 35.9 Å². The Morgan fingerprint density at radius 3 is 2.26 bits per heavy atom. The van der Waals surface area contributed by atoms with Crippen LogP contribution in [0.3, 0.4) is 0 Å². The Kier molecular flexibility index (Phi) is 5.35. The number of imide groups is 1. The van der Waals surface area contributed by atoms with Crippen molar-refractivity contribution < 1.29 is 29.4 Å². The first-order chi connectivity index (χ1) is 17.9. The molecule has 7 nitrogen and oxygen atoms in total. The lowest BCUT2D eigenvalue weighted by molar-refractivity contribution is -0.194. The minimum absolute atomic E-state index is 0.0393. The predicted molar refractivity (Wildman–Crippen MR) is 140 cm³/mol. The molecule has 4 fully saturated rings. The highest BCUT2D eigenvalue weighted by atomic mass is 16.4. The summed E-state index contributed by atoms with van der Waals surface area (Å²) in [6.07, 6.45) is 7.13. The molecule has 38 heavy (non-hydrogen) atoms. The van der Waals surface area contributed by atoms with Gasteiger partial charge in [0.1, 0.15) is 0 Å². The van der Waals surface area contributed by atoms with Gasteiger partial charge in [0.2, 0.25) is 11.8 Å². The number of allylic oxidation sites excluding steroid dienone is 2. The molecule has 7 rings (SSSR count). The lowest BCUT2D eigenvalue weighted by Gasteiger charge is -2.68. The lowest BCUT2D eigenvalue weighted by Crippen LogP contribution is -2.65. The van der Waals surface area contributed by atoms with E-state index in [1.807, 2.05) is 6.92 Å². The normalized spacial score (nSPS) is 41.4. The van der Waals surface area contributed by atoms with Crippen LogP contribution < -0.4 is 4.90 Å². The molecule has 0 aromatic heterocycles. The van der Waals surface area contributed by atoms with E-state index in [1.54, 1.807) is 12.1 Å². The summed E-state index contributed by atoms with van der Waals surface area (Å²) in [7, 11) is 0. The minimum Gasteiger partial charge on any atom is -0.481 e. The maximum atomic E-state index is 14.3. The van der Waals surface area contributed by atoms with Gasteiger partial charge < -0.3 is 10.2 Å². The van der Waals surface area contributed by atoms with Gasteiger partial charge in [-0.15, -0.1) is 0 Å². The number of hydrogen-bond donors (Lipinski definition) is 2. The van der Waals surface area contributed by atoms with E-state index in [4.69, 9.17) is 0 Å². The molecule has 1 aliphatic heterocycles. The Morgan fingerprint density at radius 2 is 1.66 bits per heavy atom. The number of aliphatic carboxylic acids is 1. The molecular formula is C31H37NO6. The maximum absolute atomic E-state index is 14.3. The first-order valence-corrected chi connectivity index (χ1v) is 14.0. The van der Waals surface area contributed by atoms with Crippen LogP contribution in [0.4, 0.5) is 5.69 Å². The Morgan fingerprint density at radius 1 is 0.974 bits per heavy atom. The number of carboxylic acid groups (broad SMARTS) is 2. The average Bonchev–Trinajstić information content (AvgIpc) is 3.15. The summed E-state index contributed by atoms with van der Waals surface area (Å²) in [6.45, 7) is 8.51. The molecule has 7 heteroatoms. The fraction of sp³-hybridized carbons (Fsp3) is 0.613. The van der Waals surface area contributed by atoms with E-state index in [9.17, 15) is 29.4 Å². The number of hydrogen-bond acceptors (Lipinski definition) is 4. The maximum Gasteiger partial charge on any atom is 0.335 e. The second-order valence-corrected chi connectivity index (χ2v) is 13.3. The molecule has 1 heterocycles. The number of fused-ring (bicyclic) bond motifs is 1. The van der Waals surface area contributed by atoms with Gasteiger partial charge >= 0.3 is 11.9 Å². The molecule has 0 unspecified atom stereocenters. The van der Waals surface area contributed by atoms with Crippen molar-refractivity contribution >= 4 is 29.4 Å². The van der Waals surface area contributed by atoms with Gasteiger partial charge in [-0.05, 0) is 92.4 Å². The Labute approximate surface area is 223 Å². The molecule has 8 atom stereocenters. The van der Waals surface area contributed by atoms with Crippen LogP contribution in [0.25, 0.3) is 0 Å². The number of benzene rings is 1. The van der Waals surface area contributed by atoms with Crippen molar-refractivity contribution in [2.24, 2.45) is 51.8 Å². The fourth-order valence-electron chi connectivity index (χ4n) is 9.97. The van der Waals surface area contributed by atoms with Crippen molar-refractivity contribution in [2.45, 2.75) is 66.2 Å². The summed E-state index contributed by atoms with van der Waals surface area (Å²) in [5, 5.41) is 19.6. The van der Waals surface area contributed by atoms with E-state index in [-0.39, 0.29) is 46.5 Å². The monoisotopic (exact) mass is 519 g/mol. The molecule has 1 aromatic carbocycles. The minimum atomic E-state index is -1.05. The molecule has 1 saturated heterocycles. The second kappa shape index (κ2) is 8.03. The molecule has 3 saturated carbocycles. The number of amides is 2. The van der Waals surface area contributed by atoms with Crippen LogP contribution in [-0.4, -0.2) is 34.0 Å². The number of carboxylic acids is 2. The first kappa shape index (κ1) is 25.3. The van der Waals surface area contributed by atoms with Crippen LogP contribution >= 0.6 is 0 Å². The molecule has 2 amide bonds. The molecule has 6 aliphatic rings. The molecule has 5 aliphatic carbocycles. The topological polar surface area (TPSA) is 112 Å². The summed E-state index contributed by atoms with van der Waals surface area (Å²) in [5.74, 6) is -2.62. The van der Waals surface area contributed by atoms with Crippen LogP contribution in [0, 0.1) is 51.8 Å². The van der Waals surface area contributed by atoms with E-state index >= 15 is 0 Å². The third kappa shape index (κ3) is 3.02. The van der Waals surface area contributed by atoms with Crippen LogP contribution in [0.5, 0.6) is 0 Å². The summed E-state index contributed by atoms with van der Waals surface area (Å²) < 4.78 is 0. The number of carbonyl (C=O) groups is 4. The standard InChI is InChI=1S/C31H37NO6/c1-16(2)20-15-31-13-10-21-29(3,11-5-12-30(21,4)28(37)38)22(31)14-19(20)23-24(31)26(34)32(25(23)33)18-8-6-17(7-9-18)27(35)36/h6-9,15-16,19,21-24H,5,10-14H2,1-4H3,(H,35,36)(H,37,38)/t19-,21-,22-,23-,24+,29+,30-,31-/m0/s1. The van der Waals surface area contributed by atoms with Crippen LogP contribution in [0.1, 0.15) is 76.6 Å². The van der Waals surface area contributed by atoms with Gasteiger partial charge in [0.05, 0.1) is 28.5 Å². The lowest BCUT2D eigenvalue weighted by atomic mass is 9.34. The van der Waals surface area contributed by atoms with Gasteiger partial charge in [0.25, 0.3) is 0 Å². The SMILES string of the molecule is CC(C)C1=C[C@@]23CC[C@H]4[C@@](C)(CCC[C@]4(C)C(=O)O)[C@@H]2C[C@@H]1[C@@H]1C(=O)N(c2ccc(C(=O)O)cc2)C(=O)[C@@H]13. The van der Waals surface area contributed by atoms with E-state index < -0.39 is 34.6 Å². The zero-order valence-electron chi connectivity index (χ0n) is 22.6. The molecule has 2 bridgehead atoms. The van der Waals surface area contributed by atoms with Crippen molar-refractivity contribution in [3.63, 3.8) is 0 Å². The summed E-state index contributed by atoms with van der Waals surface area (Å²) >= 11 is 0. The van der Waals surface area contributed by atoms with Gasteiger partial charge in [0.15, 0.2) is 0 Å². The van der Waals surface area contributed by atoms with Crippen molar-refractivity contribution in [1.29, 1.82) is 0 Å². The largest absolute Gasteiger partial charge is 0.481 e. The molecule has 2 N–H and O–H groups in total. The number of rotatable bonds is 4. The van der Waals surface area contributed by atoms with Crippen LogP contribution in [-0.2, 0) is 14.4 Å². The highest BCUT2D eigenvalue weighted by molar-refractivity contribution is 6.23. The smallest absolute Gasteiger partial charge is 0.335 e. The average molecular weight is 520 g/mol. The quantitative estimate of drug-likeness (QED) is 0.407. The zero-order valence-corrected chi connectivity index (χ0v) is 22.6. The van der Waals surface area contributed by atoms with Crippen molar-refractivity contribution in [2.75, 3.05) is 4.90 Å². The molecule has 202 valence electrons. The molecule has 1 aromatic rings. The van der Waals surface area contributed by atoms with Gasteiger partial charge in [-0.1, -0.05) is 38.8 Å². The third-order valence-corrected chi connectivity index (χ3v) is 11.5. The Hall–Kier alpha value is -2.96. The van der Waals surface area contributed by atoms with Gasteiger partial charge in [-0.3, -0.25) is 19.3 Å². The van der Waals surface area contributed by atoms with Gasteiger partial charge in [-0.25, -0.2) is 4.79 Å². The molecule has 1 spiro atoms. The highest BCUT2D eigenvalue weighted by Gasteiger charge is 2.73. The van der Waals surface area contributed by atoms with Gasteiger partial charge in [-0.2, -0.15) is 0 Å². The van der Waals surface area contributed by atoms with Crippen molar-refractivity contribution in [3.05, 3.63) is 41.5 Å². The summed E-state index contributed by atoms with van der Waals surface area (Å²) in [6, 6.07) is 5.99.